The Balaban J connectivity index is 1.47. The maximum absolute atomic E-state index is 12.4. The van der Waals surface area contributed by atoms with E-state index >= 15 is 0 Å². The van der Waals surface area contributed by atoms with Crippen LogP contribution in [0.4, 0.5) is 5.88 Å². The smallest absolute Gasteiger partial charge is 0.258 e. The average molecular weight is 364 g/mol. The monoisotopic (exact) mass is 363 g/mol. The molecule has 2 aromatic heterocycles. The molecule has 0 unspecified atom stereocenters. The fourth-order valence-electron chi connectivity index (χ4n) is 2.57. The fourth-order valence-corrected chi connectivity index (χ4v) is 2.69. The summed E-state index contributed by atoms with van der Waals surface area (Å²) < 4.78 is 7.17. The summed E-state index contributed by atoms with van der Waals surface area (Å²) >= 11 is 5.88. The van der Waals surface area contributed by atoms with E-state index in [0.29, 0.717) is 16.3 Å². The molecule has 4 aromatic rings. The summed E-state index contributed by atoms with van der Waals surface area (Å²) in [6, 6.07) is 20.1. The Hall–Kier alpha value is -3.31. The first-order chi connectivity index (χ1) is 12.7. The molecular weight excluding hydrogens is 350 g/mol. The van der Waals surface area contributed by atoms with E-state index in [0.717, 1.165) is 11.3 Å². The predicted octanol–water partition coefficient (Wildman–Crippen LogP) is 5.04. The van der Waals surface area contributed by atoms with Crippen LogP contribution in [0.3, 0.4) is 0 Å². The van der Waals surface area contributed by atoms with Crippen molar-refractivity contribution in [2.45, 2.75) is 0 Å². The quantitative estimate of drug-likeness (QED) is 0.552. The number of anilines is 1. The molecule has 128 valence electrons. The van der Waals surface area contributed by atoms with Gasteiger partial charge in [0, 0.05) is 40.3 Å². The lowest BCUT2D eigenvalue weighted by Crippen LogP contribution is -2.11. The van der Waals surface area contributed by atoms with Gasteiger partial charge in [0.2, 0.25) is 5.88 Å². The Labute approximate surface area is 154 Å². The Morgan fingerprint density at radius 2 is 1.69 bits per heavy atom. The molecule has 5 nitrogen and oxygen atoms in total. The van der Waals surface area contributed by atoms with Crippen LogP contribution in [-0.2, 0) is 0 Å². The zero-order chi connectivity index (χ0) is 17.9. The van der Waals surface area contributed by atoms with Crippen LogP contribution in [-0.4, -0.2) is 15.6 Å². The van der Waals surface area contributed by atoms with Crippen molar-refractivity contribution < 1.29 is 9.32 Å². The van der Waals surface area contributed by atoms with Crippen molar-refractivity contribution in [1.29, 1.82) is 0 Å². The first-order valence-electron chi connectivity index (χ1n) is 7.96. The lowest BCUT2D eigenvalue weighted by molar-refractivity contribution is 0.102. The van der Waals surface area contributed by atoms with Crippen molar-refractivity contribution >= 4 is 23.4 Å². The van der Waals surface area contributed by atoms with Crippen LogP contribution in [0.25, 0.3) is 16.9 Å². The second-order valence-corrected chi connectivity index (χ2v) is 6.11. The van der Waals surface area contributed by atoms with Crippen molar-refractivity contribution in [3.05, 3.63) is 89.7 Å². The fraction of sp³-hybridized carbons (Fsp3) is 0. The summed E-state index contributed by atoms with van der Waals surface area (Å²) in [7, 11) is 0. The molecule has 0 spiro atoms. The molecule has 0 saturated heterocycles. The predicted molar refractivity (Wildman–Crippen MR) is 101 cm³/mol. The Morgan fingerprint density at radius 1 is 1.00 bits per heavy atom. The van der Waals surface area contributed by atoms with E-state index in [9.17, 15) is 4.79 Å². The van der Waals surface area contributed by atoms with Gasteiger partial charge in [-0.25, -0.2) is 0 Å². The molecule has 1 amide bonds. The molecule has 2 aromatic carbocycles. The first kappa shape index (κ1) is 16.2. The van der Waals surface area contributed by atoms with E-state index < -0.39 is 0 Å². The molecule has 4 rings (SSSR count). The molecule has 26 heavy (non-hydrogen) atoms. The van der Waals surface area contributed by atoms with Gasteiger partial charge in [-0.15, -0.1) is 0 Å². The lowest BCUT2D eigenvalue weighted by Gasteiger charge is -2.05. The SMILES string of the molecule is O=C(Nc1cc(-c2ccc(Cl)cc2)no1)c1ccc(-n2cccc2)cc1. The van der Waals surface area contributed by atoms with E-state index in [4.69, 9.17) is 16.1 Å². The molecule has 0 atom stereocenters. The number of nitrogens with one attached hydrogen (secondary N) is 1. The van der Waals surface area contributed by atoms with Gasteiger partial charge in [-0.1, -0.05) is 28.9 Å². The molecule has 0 aliphatic heterocycles. The third kappa shape index (κ3) is 3.38. The van der Waals surface area contributed by atoms with E-state index in [1.807, 2.05) is 53.4 Å². The Kier molecular flexibility index (Phi) is 4.29. The number of hydrogen-bond acceptors (Lipinski definition) is 3. The summed E-state index contributed by atoms with van der Waals surface area (Å²) in [4.78, 5) is 12.4. The molecule has 2 heterocycles. The van der Waals surface area contributed by atoms with Gasteiger partial charge in [0.25, 0.3) is 5.91 Å². The van der Waals surface area contributed by atoms with Crippen molar-refractivity contribution in [1.82, 2.24) is 9.72 Å². The highest BCUT2D eigenvalue weighted by molar-refractivity contribution is 6.30. The van der Waals surface area contributed by atoms with Gasteiger partial charge in [0.05, 0.1) is 0 Å². The number of hydrogen-bond donors (Lipinski definition) is 1. The van der Waals surface area contributed by atoms with Gasteiger partial charge >= 0.3 is 0 Å². The van der Waals surface area contributed by atoms with Gasteiger partial charge in [-0.2, -0.15) is 0 Å². The number of carbonyl (C=O) groups excluding carboxylic acids is 1. The third-order valence-corrected chi connectivity index (χ3v) is 4.17. The van der Waals surface area contributed by atoms with E-state index in [2.05, 4.69) is 10.5 Å². The standard InChI is InChI=1S/C20H14ClN3O2/c21-16-7-3-14(4-8-16)18-13-19(26-23-18)22-20(25)15-5-9-17(10-6-15)24-11-1-2-12-24/h1-13H,(H,22,25). The molecule has 0 saturated carbocycles. The van der Waals surface area contributed by atoms with Crippen molar-refractivity contribution in [3.8, 4) is 16.9 Å². The second kappa shape index (κ2) is 6.90. The number of rotatable bonds is 4. The number of benzene rings is 2. The Bertz CT molecular complexity index is 1020. The highest BCUT2D eigenvalue weighted by Gasteiger charge is 2.11. The molecule has 6 heteroatoms. The highest BCUT2D eigenvalue weighted by atomic mass is 35.5. The topological polar surface area (TPSA) is 60.1 Å². The van der Waals surface area contributed by atoms with Crippen molar-refractivity contribution in [3.63, 3.8) is 0 Å². The number of halogens is 1. The largest absolute Gasteiger partial charge is 0.338 e. The van der Waals surface area contributed by atoms with Gasteiger partial charge in [0.15, 0.2) is 0 Å². The number of carbonyl (C=O) groups is 1. The van der Waals surface area contributed by atoms with Gasteiger partial charge < -0.3 is 9.09 Å². The number of nitrogens with zero attached hydrogens (tertiary/aromatic N) is 2. The molecule has 0 aliphatic carbocycles. The third-order valence-electron chi connectivity index (χ3n) is 3.92. The van der Waals surface area contributed by atoms with Crippen molar-refractivity contribution in [2.75, 3.05) is 5.32 Å². The van der Waals surface area contributed by atoms with Gasteiger partial charge in [-0.05, 0) is 48.5 Å². The average Bonchev–Trinajstić information content (AvgIpc) is 3.35. The van der Waals surface area contributed by atoms with Crippen LogP contribution in [0.15, 0.2) is 83.6 Å². The summed E-state index contributed by atoms with van der Waals surface area (Å²) in [5, 5.41) is 7.33. The normalized spacial score (nSPS) is 10.7. The van der Waals surface area contributed by atoms with Crippen LogP contribution < -0.4 is 5.32 Å². The molecule has 0 aliphatic rings. The van der Waals surface area contributed by atoms with Crippen LogP contribution in [0, 0.1) is 0 Å². The zero-order valence-electron chi connectivity index (χ0n) is 13.6. The molecular formula is C20H14ClN3O2. The summed E-state index contributed by atoms with van der Waals surface area (Å²) in [5.74, 6) is 0.0253. The summed E-state index contributed by atoms with van der Waals surface area (Å²) in [5.41, 5.74) is 3.00. The molecule has 0 fully saturated rings. The van der Waals surface area contributed by atoms with E-state index in [1.54, 1.807) is 30.3 Å². The second-order valence-electron chi connectivity index (χ2n) is 5.67. The van der Waals surface area contributed by atoms with E-state index in [1.165, 1.54) is 0 Å². The van der Waals surface area contributed by atoms with Crippen LogP contribution in [0.2, 0.25) is 5.02 Å². The summed E-state index contributed by atoms with van der Waals surface area (Å²) in [6.07, 6.45) is 3.89. The maximum atomic E-state index is 12.4. The zero-order valence-corrected chi connectivity index (χ0v) is 14.4. The molecule has 1 N–H and O–H groups in total. The molecule has 0 radical (unpaired) electrons. The number of amides is 1. The highest BCUT2D eigenvalue weighted by Crippen LogP contribution is 2.23. The van der Waals surface area contributed by atoms with Gasteiger partial charge in [-0.3, -0.25) is 10.1 Å². The minimum absolute atomic E-state index is 0.261. The van der Waals surface area contributed by atoms with Crippen molar-refractivity contribution in [2.24, 2.45) is 0 Å². The van der Waals surface area contributed by atoms with Crippen LogP contribution in [0.1, 0.15) is 10.4 Å². The van der Waals surface area contributed by atoms with Gasteiger partial charge in [0.1, 0.15) is 5.69 Å². The van der Waals surface area contributed by atoms with E-state index in [-0.39, 0.29) is 11.8 Å². The first-order valence-corrected chi connectivity index (χ1v) is 8.34. The Morgan fingerprint density at radius 3 is 2.38 bits per heavy atom. The summed E-state index contributed by atoms with van der Waals surface area (Å²) in [6.45, 7) is 0. The minimum atomic E-state index is -0.261. The van der Waals surface area contributed by atoms with Crippen LogP contribution in [0.5, 0.6) is 0 Å². The maximum Gasteiger partial charge on any atom is 0.258 e. The van der Waals surface area contributed by atoms with Crippen LogP contribution >= 0.6 is 11.6 Å². The lowest BCUT2D eigenvalue weighted by atomic mass is 10.1. The molecule has 0 bridgehead atoms. The minimum Gasteiger partial charge on any atom is -0.338 e. The number of aromatic nitrogens is 2.